The first-order valence-corrected chi connectivity index (χ1v) is 9.60. The molecule has 10 heteroatoms. The van der Waals surface area contributed by atoms with Crippen molar-refractivity contribution in [3.05, 3.63) is 28.6 Å². The molecule has 7 nitrogen and oxygen atoms in total. The van der Waals surface area contributed by atoms with E-state index in [2.05, 4.69) is 4.98 Å². The highest BCUT2D eigenvalue weighted by molar-refractivity contribution is 7.91. The number of piperazine rings is 1. The molecule has 1 saturated heterocycles. The Morgan fingerprint density at radius 2 is 2.00 bits per heavy atom. The Bertz CT molecular complexity index is 761. The summed E-state index contributed by atoms with van der Waals surface area (Å²) in [6.07, 6.45) is 1.33. The maximum Gasteiger partial charge on any atom is 0.347 e. The van der Waals surface area contributed by atoms with Gasteiger partial charge >= 0.3 is 5.97 Å². The van der Waals surface area contributed by atoms with Crippen molar-refractivity contribution in [2.24, 2.45) is 0 Å². The molecule has 0 aliphatic carbocycles. The molecule has 0 saturated carbocycles. The largest absolute Gasteiger partial charge is 0.477 e. The molecule has 3 rings (SSSR count). The molecule has 3 heterocycles. The predicted molar refractivity (Wildman–Crippen MR) is 84.4 cm³/mol. The molecule has 0 bridgehead atoms. The summed E-state index contributed by atoms with van der Waals surface area (Å²) in [5.41, 5.74) is 0. The zero-order valence-corrected chi connectivity index (χ0v) is 13.8. The van der Waals surface area contributed by atoms with Gasteiger partial charge in [-0.1, -0.05) is 17.4 Å². The van der Waals surface area contributed by atoms with Gasteiger partial charge in [0.15, 0.2) is 5.13 Å². The number of aromatic nitrogens is 1. The number of carboxylic acid groups (broad SMARTS) is 1. The van der Waals surface area contributed by atoms with Gasteiger partial charge in [0.05, 0.1) is 6.20 Å². The summed E-state index contributed by atoms with van der Waals surface area (Å²) in [4.78, 5) is 17.1. The van der Waals surface area contributed by atoms with Crippen molar-refractivity contribution in [2.75, 3.05) is 31.1 Å². The number of sulfonamides is 1. The van der Waals surface area contributed by atoms with E-state index in [1.807, 2.05) is 4.90 Å². The molecule has 1 aliphatic heterocycles. The van der Waals surface area contributed by atoms with Gasteiger partial charge in [-0.15, -0.1) is 11.3 Å². The highest BCUT2D eigenvalue weighted by atomic mass is 32.2. The number of thiophene rings is 1. The van der Waals surface area contributed by atoms with E-state index in [4.69, 9.17) is 5.11 Å². The van der Waals surface area contributed by atoms with Gasteiger partial charge in [0.25, 0.3) is 10.0 Å². The Morgan fingerprint density at radius 3 is 2.55 bits per heavy atom. The molecule has 0 atom stereocenters. The van der Waals surface area contributed by atoms with Gasteiger partial charge in [-0.05, 0) is 11.4 Å². The Morgan fingerprint density at radius 1 is 1.27 bits per heavy atom. The summed E-state index contributed by atoms with van der Waals surface area (Å²) in [5, 5.41) is 11.3. The lowest BCUT2D eigenvalue weighted by molar-refractivity contribution is 0.0702. The highest BCUT2D eigenvalue weighted by Crippen LogP contribution is 2.26. The molecule has 2 aromatic heterocycles. The minimum Gasteiger partial charge on any atom is -0.477 e. The average molecular weight is 359 g/mol. The molecule has 118 valence electrons. The van der Waals surface area contributed by atoms with Gasteiger partial charge in [0.1, 0.15) is 9.09 Å². The zero-order chi connectivity index (χ0) is 15.7. The van der Waals surface area contributed by atoms with Crippen molar-refractivity contribution in [3.8, 4) is 0 Å². The molecular weight excluding hydrogens is 346 g/mol. The number of rotatable bonds is 4. The molecule has 0 aromatic carbocycles. The van der Waals surface area contributed by atoms with E-state index in [1.54, 1.807) is 17.5 Å². The lowest BCUT2D eigenvalue weighted by Gasteiger charge is -2.33. The summed E-state index contributed by atoms with van der Waals surface area (Å²) >= 11 is 2.31. The third-order valence-electron chi connectivity index (χ3n) is 3.30. The van der Waals surface area contributed by atoms with Crippen LogP contribution >= 0.6 is 22.7 Å². The van der Waals surface area contributed by atoms with E-state index < -0.39 is 16.0 Å². The van der Waals surface area contributed by atoms with Crippen molar-refractivity contribution in [2.45, 2.75) is 4.21 Å². The van der Waals surface area contributed by atoms with Gasteiger partial charge in [-0.2, -0.15) is 4.31 Å². The molecule has 0 amide bonds. The molecule has 0 unspecified atom stereocenters. The second-order valence-corrected chi connectivity index (χ2v) is 8.76. The molecule has 0 radical (unpaired) electrons. The van der Waals surface area contributed by atoms with Crippen LogP contribution in [0.25, 0.3) is 0 Å². The van der Waals surface area contributed by atoms with E-state index in [0.717, 1.165) is 11.3 Å². The topological polar surface area (TPSA) is 90.8 Å². The second kappa shape index (κ2) is 5.95. The fourth-order valence-corrected chi connectivity index (χ4v) is 5.54. The van der Waals surface area contributed by atoms with Crippen molar-refractivity contribution in [1.82, 2.24) is 9.29 Å². The molecule has 1 fully saturated rings. The standard InChI is InChI=1S/C12H13N3O4S3/c16-11(17)9-8-13-12(21-9)14-3-5-15(6-4-14)22(18,19)10-2-1-7-20-10/h1-2,7-8H,3-6H2,(H,16,17). The predicted octanol–water partition coefficient (Wildman–Crippen LogP) is 1.41. The first-order valence-electron chi connectivity index (χ1n) is 6.46. The summed E-state index contributed by atoms with van der Waals surface area (Å²) in [6, 6.07) is 3.32. The van der Waals surface area contributed by atoms with Crippen molar-refractivity contribution in [3.63, 3.8) is 0 Å². The molecule has 1 aliphatic rings. The number of hydrogen-bond donors (Lipinski definition) is 1. The average Bonchev–Trinajstić information content (AvgIpc) is 3.19. The summed E-state index contributed by atoms with van der Waals surface area (Å²) in [6.45, 7) is 1.72. The number of aromatic carboxylic acids is 1. The smallest absolute Gasteiger partial charge is 0.347 e. The molecule has 2 aromatic rings. The SMILES string of the molecule is O=C(O)c1cnc(N2CCN(S(=O)(=O)c3cccs3)CC2)s1. The van der Waals surface area contributed by atoms with Crippen LogP contribution in [-0.2, 0) is 10.0 Å². The van der Waals surface area contributed by atoms with Crippen LogP contribution in [0.4, 0.5) is 5.13 Å². The van der Waals surface area contributed by atoms with Gasteiger partial charge in [0.2, 0.25) is 0 Å². The summed E-state index contributed by atoms with van der Waals surface area (Å²) < 4.78 is 26.6. The van der Waals surface area contributed by atoms with Crippen LogP contribution in [0.5, 0.6) is 0 Å². The molecule has 1 N–H and O–H groups in total. The molecule has 0 spiro atoms. The minimum atomic E-state index is -3.42. The fraction of sp³-hybridized carbons (Fsp3) is 0.333. The molecular formula is C12H13N3O4S3. The van der Waals surface area contributed by atoms with Gasteiger partial charge in [-0.25, -0.2) is 18.2 Å². The number of nitrogens with zero attached hydrogens (tertiary/aromatic N) is 3. The van der Waals surface area contributed by atoms with Crippen LogP contribution in [0.2, 0.25) is 0 Å². The van der Waals surface area contributed by atoms with E-state index in [0.29, 0.717) is 35.5 Å². The van der Waals surface area contributed by atoms with Crippen LogP contribution in [-0.4, -0.2) is 55.0 Å². The van der Waals surface area contributed by atoms with Crippen molar-refractivity contribution in [1.29, 1.82) is 0 Å². The maximum absolute atomic E-state index is 12.4. The van der Waals surface area contributed by atoms with Crippen molar-refractivity contribution >= 4 is 43.8 Å². The zero-order valence-electron chi connectivity index (χ0n) is 11.4. The maximum atomic E-state index is 12.4. The van der Waals surface area contributed by atoms with E-state index >= 15 is 0 Å². The first-order chi connectivity index (χ1) is 10.5. The van der Waals surface area contributed by atoms with E-state index in [-0.39, 0.29) is 4.88 Å². The van der Waals surface area contributed by atoms with Crippen LogP contribution in [0.1, 0.15) is 9.67 Å². The van der Waals surface area contributed by atoms with Crippen molar-refractivity contribution < 1.29 is 18.3 Å². The van der Waals surface area contributed by atoms with Gasteiger partial charge in [0, 0.05) is 26.2 Å². The third-order valence-corrected chi connectivity index (χ3v) is 7.62. The van der Waals surface area contributed by atoms with Gasteiger partial charge < -0.3 is 10.0 Å². The first kappa shape index (κ1) is 15.4. The van der Waals surface area contributed by atoms with Crippen LogP contribution < -0.4 is 4.90 Å². The second-order valence-electron chi connectivity index (χ2n) is 4.64. The van der Waals surface area contributed by atoms with Crippen LogP contribution in [0.3, 0.4) is 0 Å². The fourth-order valence-electron chi connectivity index (χ4n) is 2.17. The Labute approximate surface area is 135 Å². The quantitative estimate of drug-likeness (QED) is 0.888. The minimum absolute atomic E-state index is 0.184. The number of carboxylic acids is 1. The number of carbonyl (C=O) groups is 1. The number of thiazole rings is 1. The van der Waals surface area contributed by atoms with Crippen LogP contribution in [0.15, 0.2) is 27.9 Å². The van der Waals surface area contributed by atoms with E-state index in [9.17, 15) is 13.2 Å². The number of hydrogen-bond acceptors (Lipinski definition) is 7. The number of anilines is 1. The van der Waals surface area contributed by atoms with Gasteiger partial charge in [-0.3, -0.25) is 0 Å². The van der Waals surface area contributed by atoms with E-state index in [1.165, 1.54) is 21.8 Å². The summed E-state index contributed by atoms with van der Waals surface area (Å²) in [7, 11) is -3.42. The third kappa shape index (κ3) is 2.86. The Balaban J connectivity index is 1.68. The molecule has 22 heavy (non-hydrogen) atoms. The monoisotopic (exact) mass is 359 g/mol. The lowest BCUT2D eigenvalue weighted by atomic mass is 10.4. The highest BCUT2D eigenvalue weighted by Gasteiger charge is 2.30. The van der Waals surface area contributed by atoms with Crippen LogP contribution in [0, 0.1) is 0 Å². The lowest BCUT2D eigenvalue weighted by Crippen LogP contribution is -2.48. The normalized spacial score (nSPS) is 16.8. The Kier molecular flexibility index (Phi) is 4.17. The summed E-state index contributed by atoms with van der Waals surface area (Å²) in [5.74, 6) is -0.998. The Hall–Kier alpha value is -1.49.